The van der Waals surface area contributed by atoms with Crippen LogP contribution in [0, 0.1) is 5.92 Å². The summed E-state index contributed by atoms with van der Waals surface area (Å²) in [5, 5.41) is 0. The van der Waals surface area contributed by atoms with Crippen molar-refractivity contribution in [3.63, 3.8) is 0 Å². The first-order valence-corrected chi connectivity index (χ1v) is 5.99. The zero-order valence-electron chi connectivity index (χ0n) is 11.0. The molecule has 4 nitrogen and oxygen atoms in total. The van der Waals surface area contributed by atoms with Crippen LogP contribution in [0.3, 0.4) is 0 Å². The SMILES string of the molecule is CCC(C)C(N)=NCCCCC(=O)N(C)C. The number of unbranched alkanes of at least 4 members (excludes halogenated alkanes) is 1. The average Bonchev–Trinajstić information content (AvgIpc) is 2.26. The van der Waals surface area contributed by atoms with Crippen LogP contribution in [-0.2, 0) is 4.79 Å². The summed E-state index contributed by atoms with van der Waals surface area (Å²) >= 11 is 0. The van der Waals surface area contributed by atoms with Gasteiger partial charge in [0.15, 0.2) is 0 Å². The maximum atomic E-state index is 11.3. The van der Waals surface area contributed by atoms with E-state index in [1.807, 2.05) is 0 Å². The minimum absolute atomic E-state index is 0.180. The summed E-state index contributed by atoms with van der Waals surface area (Å²) in [4.78, 5) is 17.2. The molecule has 0 aromatic carbocycles. The average molecular weight is 227 g/mol. The van der Waals surface area contributed by atoms with Crippen LogP contribution in [0.15, 0.2) is 4.99 Å². The number of amidine groups is 1. The van der Waals surface area contributed by atoms with E-state index in [1.54, 1.807) is 19.0 Å². The maximum absolute atomic E-state index is 11.3. The van der Waals surface area contributed by atoms with E-state index in [0.29, 0.717) is 12.3 Å². The normalized spacial score (nSPS) is 13.6. The fourth-order valence-corrected chi connectivity index (χ4v) is 1.18. The van der Waals surface area contributed by atoms with E-state index in [2.05, 4.69) is 18.8 Å². The number of carbonyl (C=O) groups is 1. The number of nitrogens with zero attached hydrogens (tertiary/aromatic N) is 2. The van der Waals surface area contributed by atoms with Crippen molar-refractivity contribution in [1.29, 1.82) is 0 Å². The van der Waals surface area contributed by atoms with Gasteiger partial charge >= 0.3 is 0 Å². The Kier molecular flexibility index (Phi) is 7.60. The minimum Gasteiger partial charge on any atom is -0.387 e. The molecule has 0 rings (SSSR count). The van der Waals surface area contributed by atoms with Gasteiger partial charge in [0.2, 0.25) is 5.91 Å². The lowest BCUT2D eigenvalue weighted by Gasteiger charge is -2.09. The number of rotatable bonds is 7. The molecule has 1 unspecified atom stereocenters. The van der Waals surface area contributed by atoms with Crippen molar-refractivity contribution in [3.8, 4) is 0 Å². The molecule has 16 heavy (non-hydrogen) atoms. The Balaban J connectivity index is 3.64. The highest BCUT2D eigenvalue weighted by Gasteiger charge is 2.04. The first-order chi connectivity index (χ1) is 7.49. The Labute approximate surface area is 98.9 Å². The zero-order valence-corrected chi connectivity index (χ0v) is 11.0. The lowest BCUT2D eigenvalue weighted by atomic mass is 10.1. The molecular formula is C12H25N3O. The van der Waals surface area contributed by atoms with Gasteiger partial charge in [0.05, 0.1) is 5.84 Å². The molecule has 0 heterocycles. The van der Waals surface area contributed by atoms with Crippen LogP contribution in [0.5, 0.6) is 0 Å². The second-order valence-corrected chi connectivity index (χ2v) is 4.36. The third-order valence-electron chi connectivity index (χ3n) is 2.71. The summed E-state index contributed by atoms with van der Waals surface area (Å²) in [5.41, 5.74) is 5.79. The predicted molar refractivity (Wildman–Crippen MR) is 68.5 cm³/mol. The molecule has 4 heteroatoms. The van der Waals surface area contributed by atoms with E-state index >= 15 is 0 Å². The summed E-state index contributed by atoms with van der Waals surface area (Å²) in [7, 11) is 3.56. The van der Waals surface area contributed by atoms with E-state index < -0.39 is 0 Å². The molecule has 94 valence electrons. The molecule has 0 aliphatic carbocycles. The molecule has 0 aliphatic heterocycles. The van der Waals surface area contributed by atoms with Crippen molar-refractivity contribution < 1.29 is 4.79 Å². The highest BCUT2D eigenvalue weighted by molar-refractivity contribution is 5.82. The van der Waals surface area contributed by atoms with E-state index in [0.717, 1.165) is 31.6 Å². The van der Waals surface area contributed by atoms with Crippen molar-refractivity contribution in [2.75, 3.05) is 20.6 Å². The van der Waals surface area contributed by atoms with Crippen LogP contribution in [0.4, 0.5) is 0 Å². The van der Waals surface area contributed by atoms with E-state index in [9.17, 15) is 4.79 Å². The third-order valence-corrected chi connectivity index (χ3v) is 2.71. The van der Waals surface area contributed by atoms with Gasteiger partial charge < -0.3 is 10.6 Å². The highest BCUT2D eigenvalue weighted by Crippen LogP contribution is 2.02. The molecule has 1 amide bonds. The molecule has 0 saturated carbocycles. The van der Waals surface area contributed by atoms with Crippen molar-refractivity contribution in [2.24, 2.45) is 16.6 Å². The fraction of sp³-hybridized carbons (Fsp3) is 0.833. The number of aliphatic imine (C=N–C) groups is 1. The molecule has 0 fully saturated rings. The van der Waals surface area contributed by atoms with Crippen molar-refractivity contribution >= 4 is 11.7 Å². The largest absolute Gasteiger partial charge is 0.387 e. The Hall–Kier alpha value is -1.06. The number of nitrogens with two attached hydrogens (primary N) is 1. The molecule has 0 radical (unpaired) electrons. The predicted octanol–water partition coefficient (Wildman–Crippen LogP) is 1.65. The van der Waals surface area contributed by atoms with Gasteiger partial charge in [0, 0.05) is 33.0 Å². The molecule has 0 spiro atoms. The molecule has 0 saturated heterocycles. The molecule has 0 aromatic heterocycles. The highest BCUT2D eigenvalue weighted by atomic mass is 16.2. The number of amides is 1. The lowest BCUT2D eigenvalue weighted by molar-refractivity contribution is -0.128. The number of hydrogen-bond donors (Lipinski definition) is 1. The first-order valence-electron chi connectivity index (χ1n) is 5.99. The van der Waals surface area contributed by atoms with Crippen LogP contribution in [-0.4, -0.2) is 37.3 Å². The summed E-state index contributed by atoms with van der Waals surface area (Å²) < 4.78 is 0. The summed E-state index contributed by atoms with van der Waals surface area (Å²) in [5.74, 6) is 1.28. The van der Waals surface area contributed by atoms with Gasteiger partial charge in [-0.15, -0.1) is 0 Å². The quantitative estimate of drug-likeness (QED) is 0.408. The summed E-state index contributed by atoms with van der Waals surface area (Å²) in [6.07, 6.45) is 3.44. The van der Waals surface area contributed by atoms with Crippen LogP contribution < -0.4 is 5.73 Å². The van der Waals surface area contributed by atoms with E-state index in [1.165, 1.54) is 0 Å². The van der Waals surface area contributed by atoms with Crippen LogP contribution >= 0.6 is 0 Å². The van der Waals surface area contributed by atoms with Gasteiger partial charge in [-0.05, 0) is 19.3 Å². The molecule has 0 aliphatic rings. The monoisotopic (exact) mass is 227 g/mol. The Morgan fingerprint density at radius 3 is 2.50 bits per heavy atom. The van der Waals surface area contributed by atoms with E-state index in [-0.39, 0.29) is 5.91 Å². The van der Waals surface area contributed by atoms with Gasteiger partial charge in [-0.25, -0.2) is 0 Å². The van der Waals surface area contributed by atoms with Crippen molar-refractivity contribution in [2.45, 2.75) is 39.5 Å². The van der Waals surface area contributed by atoms with Crippen LogP contribution in [0.25, 0.3) is 0 Å². The first kappa shape index (κ1) is 14.9. The fourth-order valence-electron chi connectivity index (χ4n) is 1.18. The lowest BCUT2D eigenvalue weighted by Crippen LogP contribution is -2.22. The third kappa shape index (κ3) is 6.43. The zero-order chi connectivity index (χ0) is 12.6. The smallest absolute Gasteiger partial charge is 0.222 e. The summed E-state index contributed by atoms with van der Waals surface area (Å²) in [6.45, 7) is 4.91. The van der Waals surface area contributed by atoms with Crippen LogP contribution in [0.2, 0.25) is 0 Å². The van der Waals surface area contributed by atoms with Gasteiger partial charge in [-0.2, -0.15) is 0 Å². The second kappa shape index (κ2) is 8.13. The number of carbonyl (C=O) groups excluding carboxylic acids is 1. The topological polar surface area (TPSA) is 58.7 Å². The van der Waals surface area contributed by atoms with E-state index in [4.69, 9.17) is 5.73 Å². The van der Waals surface area contributed by atoms with Crippen LogP contribution in [0.1, 0.15) is 39.5 Å². The minimum atomic E-state index is 0.180. The second-order valence-electron chi connectivity index (χ2n) is 4.36. The van der Waals surface area contributed by atoms with Gasteiger partial charge in [-0.1, -0.05) is 13.8 Å². The maximum Gasteiger partial charge on any atom is 0.222 e. The van der Waals surface area contributed by atoms with Gasteiger partial charge in [0.25, 0.3) is 0 Å². The van der Waals surface area contributed by atoms with Crippen molar-refractivity contribution in [1.82, 2.24) is 4.90 Å². The standard InChI is InChI=1S/C12H25N3O/c1-5-10(2)12(13)14-9-7-6-8-11(16)15(3)4/h10H,5-9H2,1-4H3,(H2,13,14). The van der Waals surface area contributed by atoms with Crippen molar-refractivity contribution in [3.05, 3.63) is 0 Å². The summed E-state index contributed by atoms with van der Waals surface area (Å²) in [6, 6.07) is 0. The van der Waals surface area contributed by atoms with Gasteiger partial charge in [-0.3, -0.25) is 9.79 Å². The van der Waals surface area contributed by atoms with Gasteiger partial charge in [0.1, 0.15) is 0 Å². The molecule has 2 N–H and O–H groups in total. The Morgan fingerprint density at radius 2 is 2.00 bits per heavy atom. The molecule has 1 atom stereocenters. The number of hydrogen-bond acceptors (Lipinski definition) is 2. The Morgan fingerprint density at radius 1 is 1.38 bits per heavy atom. The molecular weight excluding hydrogens is 202 g/mol. The molecule has 0 aromatic rings. The Bertz CT molecular complexity index is 236. The molecule has 0 bridgehead atoms.